The second-order valence-corrected chi connectivity index (χ2v) is 7.16. The maximum atomic E-state index is 13.1. The number of benzene rings is 1. The fourth-order valence-corrected chi connectivity index (χ4v) is 3.64. The standard InChI is InChI=1S/C23H29N3O/c1-4-12-25(13-5-2)23(27)16-20(19-9-7-6-8-10-19)21-17-24-22-15-18(3)11-14-26(21)22/h6-11,14-15,17,20H,4-5,12-13,16H2,1-3H3. The molecule has 0 saturated carbocycles. The lowest BCUT2D eigenvalue weighted by molar-refractivity contribution is -0.131. The molecule has 2 heterocycles. The topological polar surface area (TPSA) is 37.6 Å². The van der Waals surface area contributed by atoms with E-state index < -0.39 is 0 Å². The highest BCUT2D eigenvalue weighted by molar-refractivity contribution is 5.77. The lowest BCUT2D eigenvalue weighted by atomic mass is 9.92. The molecular formula is C23H29N3O. The number of rotatable bonds is 8. The summed E-state index contributed by atoms with van der Waals surface area (Å²) >= 11 is 0. The van der Waals surface area contributed by atoms with Crippen LogP contribution < -0.4 is 0 Å². The Morgan fingerprint density at radius 3 is 2.48 bits per heavy atom. The van der Waals surface area contributed by atoms with Crippen molar-refractivity contribution in [2.24, 2.45) is 0 Å². The van der Waals surface area contributed by atoms with Crippen molar-refractivity contribution in [3.05, 3.63) is 71.7 Å². The summed E-state index contributed by atoms with van der Waals surface area (Å²) in [6.45, 7) is 7.95. The van der Waals surface area contributed by atoms with Gasteiger partial charge >= 0.3 is 0 Å². The van der Waals surface area contributed by atoms with E-state index in [1.54, 1.807) is 0 Å². The Hall–Kier alpha value is -2.62. The minimum atomic E-state index is -0.00683. The number of nitrogens with zero attached hydrogens (tertiary/aromatic N) is 3. The number of aryl methyl sites for hydroxylation is 1. The van der Waals surface area contributed by atoms with Crippen LogP contribution in [0.1, 0.15) is 55.8 Å². The van der Waals surface area contributed by atoms with E-state index in [9.17, 15) is 4.79 Å². The molecule has 0 saturated heterocycles. The molecule has 0 fully saturated rings. The zero-order valence-corrected chi connectivity index (χ0v) is 16.6. The molecule has 0 bridgehead atoms. The van der Waals surface area contributed by atoms with Crippen LogP contribution in [0, 0.1) is 6.92 Å². The number of imidazole rings is 1. The summed E-state index contributed by atoms with van der Waals surface area (Å²) in [7, 11) is 0. The molecular weight excluding hydrogens is 334 g/mol. The summed E-state index contributed by atoms with van der Waals surface area (Å²) < 4.78 is 2.11. The third-order valence-electron chi connectivity index (χ3n) is 4.97. The first-order valence-electron chi connectivity index (χ1n) is 9.90. The monoisotopic (exact) mass is 363 g/mol. The van der Waals surface area contributed by atoms with Crippen LogP contribution in [0.2, 0.25) is 0 Å². The average Bonchev–Trinajstić information content (AvgIpc) is 3.09. The van der Waals surface area contributed by atoms with Crippen molar-refractivity contribution in [2.75, 3.05) is 13.1 Å². The van der Waals surface area contributed by atoms with E-state index in [0.29, 0.717) is 6.42 Å². The number of hydrogen-bond donors (Lipinski definition) is 0. The largest absolute Gasteiger partial charge is 0.343 e. The van der Waals surface area contributed by atoms with Crippen LogP contribution >= 0.6 is 0 Å². The first-order chi connectivity index (χ1) is 13.1. The molecule has 0 aliphatic rings. The third kappa shape index (κ3) is 4.38. The van der Waals surface area contributed by atoms with Gasteiger partial charge in [-0.1, -0.05) is 44.2 Å². The zero-order chi connectivity index (χ0) is 19.2. The van der Waals surface area contributed by atoms with Gasteiger partial charge in [-0.15, -0.1) is 0 Å². The van der Waals surface area contributed by atoms with Gasteiger partial charge in [0.2, 0.25) is 5.91 Å². The van der Waals surface area contributed by atoms with E-state index in [4.69, 9.17) is 0 Å². The van der Waals surface area contributed by atoms with E-state index in [1.807, 2.05) is 29.3 Å². The van der Waals surface area contributed by atoms with Crippen LogP contribution in [0.5, 0.6) is 0 Å². The van der Waals surface area contributed by atoms with Crippen LogP contribution in [0.3, 0.4) is 0 Å². The molecule has 1 amide bonds. The Kier molecular flexibility index (Phi) is 6.28. The summed E-state index contributed by atoms with van der Waals surface area (Å²) in [5, 5.41) is 0. The van der Waals surface area contributed by atoms with Crippen molar-refractivity contribution in [2.45, 2.75) is 46.0 Å². The minimum absolute atomic E-state index is 0.00683. The zero-order valence-electron chi connectivity index (χ0n) is 16.6. The molecule has 0 radical (unpaired) electrons. The second kappa shape index (κ2) is 8.85. The lowest BCUT2D eigenvalue weighted by Crippen LogP contribution is -2.33. The fourth-order valence-electron chi connectivity index (χ4n) is 3.64. The van der Waals surface area contributed by atoms with Gasteiger partial charge in [0.05, 0.1) is 5.69 Å². The molecule has 27 heavy (non-hydrogen) atoms. The molecule has 1 unspecified atom stereocenters. The van der Waals surface area contributed by atoms with Gasteiger partial charge in [-0.3, -0.25) is 4.79 Å². The maximum absolute atomic E-state index is 13.1. The van der Waals surface area contributed by atoms with Crippen molar-refractivity contribution in [1.82, 2.24) is 14.3 Å². The number of amides is 1. The normalized spacial score (nSPS) is 12.3. The summed E-state index contributed by atoms with van der Waals surface area (Å²) in [5.74, 6) is 0.210. The molecule has 1 aromatic carbocycles. The maximum Gasteiger partial charge on any atom is 0.223 e. The highest BCUT2D eigenvalue weighted by Crippen LogP contribution is 2.29. The summed E-state index contributed by atoms with van der Waals surface area (Å²) in [4.78, 5) is 19.7. The molecule has 3 aromatic rings. The minimum Gasteiger partial charge on any atom is -0.343 e. The fraction of sp³-hybridized carbons (Fsp3) is 0.391. The van der Waals surface area contributed by atoms with E-state index in [-0.39, 0.29) is 11.8 Å². The number of carbonyl (C=O) groups is 1. The predicted octanol–water partition coefficient (Wildman–Crippen LogP) is 4.81. The predicted molar refractivity (Wildman–Crippen MR) is 110 cm³/mol. The van der Waals surface area contributed by atoms with Crippen molar-refractivity contribution < 1.29 is 4.79 Å². The van der Waals surface area contributed by atoms with Crippen molar-refractivity contribution in [3.63, 3.8) is 0 Å². The van der Waals surface area contributed by atoms with Gasteiger partial charge in [-0.25, -0.2) is 4.98 Å². The first-order valence-corrected chi connectivity index (χ1v) is 9.90. The molecule has 142 valence electrons. The Labute approximate surface area is 161 Å². The number of aromatic nitrogens is 2. The Morgan fingerprint density at radius 1 is 1.11 bits per heavy atom. The molecule has 4 heteroatoms. The van der Waals surface area contributed by atoms with Gasteiger partial charge in [-0.2, -0.15) is 0 Å². The van der Waals surface area contributed by atoms with Gasteiger partial charge < -0.3 is 9.30 Å². The van der Waals surface area contributed by atoms with Gasteiger partial charge in [0.1, 0.15) is 5.65 Å². The van der Waals surface area contributed by atoms with E-state index in [0.717, 1.165) is 42.8 Å². The molecule has 0 N–H and O–H groups in total. The van der Waals surface area contributed by atoms with Crippen LogP contribution in [0.25, 0.3) is 5.65 Å². The molecule has 3 rings (SSSR count). The van der Waals surface area contributed by atoms with Gasteiger partial charge in [0.15, 0.2) is 0 Å². The quantitative estimate of drug-likeness (QED) is 0.576. The number of pyridine rings is 1. The molecule has 2 aromatic heterocycles. The Morgan fingerprint density at radius 2 is 1.81 bits per heavy atom. The van der Waals surface area contributed by atoms with Gasteiger partial charge in [-0.05, 0) is 43.0 Å². The lowest BCUT2D eigenvalue weighted by Gasteiger charge is -2.25. The van der Waals surface area contributed by atoms with Crippen LogP contribution in [-0.4, -0.2) is 33.3 Å². The van der Waals surface area contributed by atoms with Gasteiger partial charge in [0, 0.05) is 37.8 Å². The Bertz CT molecular complexity index is 879. The average molecular weight is 364 g/mol. The number of carbonyl (C=O) groups excluding carboxylic acids is 1. The highest BCUT2D eigenvalue weighted by atomic mass is 16.2. The summed E-state index contributed by atoms with van der Waals surface area (Å²) in [6.07, 6.45) is 6.41. The van der Waals surface area contributed by atoms with Crippen molar-refractivity contribution in [3.8, 4) is 0 Å². The molecule has 1 atom stereocenters. The first kappa shape index (κ1) is 19.2. The van der Waals surface area contributed by atoms with Crippen molar-refractivity contribution in [1.29, 1.82) is 0 Å². The SMILES string of the molecule is CCCN(CCC)C(=O)CC(c1ccccc1)c1cnc2cc(C)ccn12. The van der Waals surface area contributed by atoms with E-state index in [1.165, 1.54) is 5.56 Å². The van der Waals surface area contributed by atoms with E-state index in [2.05, 4.69) is 60.6 Å². The number of fused-ring (bicyclic) bond motifs is 1. The second-order valence-electron chi connectivity index (χ2n) is 7.16. The molecule has 0 aliphatic carbocycles. The van der Waals surface area contributed by atoms with Crippen molar-refractivity contribution >= 4 is 11.6 Å². The Balaban J connectivity index is 1.98. The highest BCUT2D eigenvalue weighted by Gasteiger charge is 2.24. The van der Waals surface area contributed by atoms with E-state index >= 15 is 0 Å². The smallest absolute Gasteiger partial charge is 0.223 e. The number of hydrogen-bond acceptors (Lipinski definition) is 2. The summed E-state index contributed by atoms with van der Waals surface area (Å²) in [5.41, 5.74) is 4.33. The van der Waals surface area contributed by atoms with Crippen LogP contribution in [0.15, 0.2) is 54.9 Å². The van der Waals surface area contributed by atoms with Crippen LogP contribution in [-0.2, 0) is 4.79 Å². The summed E-state index contributed by atoms with van der Waals surface area (Å²) in [6, 6.07) is 14.5. The van der Waals surface area contributed by atoms with Gasteiger partial charge in [0.25, 0.3) is 0 Å². The third-order valence-corrected chi connectivity index (χ3v) is 4.97. The van der Waals surface area contributed by atoms with Crippen LogP contribution in [0.4, 0.5) is 0 Å². The molecule has 4 nitrogen and oxygen atoms in total. The molecule has 0 spiro atoms. The molecule has 0 aliphatic heterocycles.